The summed E-state index contributed by atoms with van der Waals surface area (Å²) in [5.74, 6) is 0.797. The topological polar surface area (TPSA) is 55.8 Å². The van der Waals surface area contributed by atoms with E-state index in [2.05, 4.69) is 6.58 Å². The van der Waals surface area contributed by atoms with Gasteiger partial charge in [0.2, 0.25) is 0 Å². The summed E-state index contributed by atoms with van der Waals surface area (Å²) in [6.45, 7) is 9.96. The SMILES string of the molecule is C=CCN1C(=O)C(C)(C)Oc2c(OCCC)cc(C=O)cc21. The predicted molar refractivity (Wildman–Crippen MR) is 84.9 cm³/mol. The summed E-state index contributed by atoms with van der Waals surface area (Å²) in [7, 11) is 0. The molecule has 0 bridgehead atoms. The maximum Gasteiger partial charge on any atom is 0.270 e. The summed E-state index contributed by atoms with van der Waals surface area (Å²) >= 11 is 0. The normalized spacial score (nSPS) is 15.8. The van der Waals surface area contributed by atoms with Gasteiger partial charge in [0.1, 0.15) is 6.29 Å². The molecule has 0 unspecified atom stereocenters. The minimum absolute atomic E-state index is 0.176. The first kappa shape index (κ1) is 16.1. The first-order valence-corrected chi connectivity index (χ1v) is 7.32. The van der Waals surface area contributed by atoms with Crippen molar-refractivity contribution in [1.82, 2.24) is 0 Å². The molecule has 0 aromatic heterocycles. The molecular weight excluding hydrogens is 282 g/mol. The molecule has 1 heterocycles. The van der Waals surface area contributed by atoms with Crippen molar-refractivity contribution in [2.45, 2.75) is 32.8 Å². The zero-order valence-electron chi connectivity index (χ0n) is 13.2. The summed E-state index contributed by atoms with van der Waals surface area (Å²) in [6.07, 6.45) is 3.21. The molecule has 0 aliphatic carbocycles. The van der Waals surface area contributed by atoms with Crippen molar-refractivity contribution in [1.29, 1.82) is 0 Å². The second kappa shape index (κ2) is 6.22. The molecule has 0 saturated heterocycles. The molecule has 22 heavy (non-hydrogen) atoms. The van der Waals surface area contributed by atoms with Crippen molar-refractivity contribution in [3.05, 3.63) is 30.4 Å². The van der Waals surface area contributed by atoms with E-state index in [-0.39, 0.29) is 5.91 Å². The lowest BCUT2D eigenvalue weighted by molar-refractivity contribution is -0.132. The van der Waals surface area contributed by atoms with Crippen LogP contribution >= 0.6 is 0 Å². The van der Waals surface area contributed by atoms with Gasteiger partial charge in [0.05, 0.1) is 12.3 Å². The molecule has 1 aromatic carbocycles. The lowest BCUT2D eigenvalue weighted by Gasteiger charge is -2.39. The summed E-state index contributed by atoms with van der Waals surface area (Å²) in [6, 6.07) is 3.28. The molecule has 0 N–H and O–H groups in total. The van der Waals surface area contributed by atoms with E-state index in [0.29, 0.717) is 35.9 Å². The Morgan fingerprint density at radius 3 is 2.73 bits per heavy atom. The number of carbonyl (C=O) groups excluding carboxylic acids is 2. The van der Waals surface area contributed by atoms with Crippen LogP contribution < -0.4 is 14.4 Å². The van der Waals surface area contributed by atoms with E-state index in [0.717, 1.165) is 12.7 Å². The Bertz CT molecular complexity index is 607. The highest BCUT2D eigenvalue weighted by atomic mass is 16.5. The average Bonchev–Trinajstić information content (AvgIpc) is 2.49. The van der Waals surface area contributed by atoms with Gasteiger partial charge >= 0.3 is 0 Å². The molecule has 2 rings (SSSR count). The van der Waals surface area contributed by atoms with E-state index >= 15 is 0 Å². The van der Waals surface area contributed by atoms with Crippen LogP contribution in [-0.2, 0) is 4.79 Å². The number of hydrogen-bond acceptors (Lipinski definition) is 4. The summed E-state index contributed by atoms with van der Waals surface area (Å²) in [5, 5.41) is 0. The Balaban J connectivity index is 2.60. The van der Waals surface area contributed by atoms with Crippen LogP contribution in [0.1, 0.15) is 37.6 Å². The molecule has 5 nitrogen and oxygen atoms in total. The van der Waals surface area contributed by atoms with Gasteiger partial charge in [-0.15, -0.1) is 6.58 Å². The molecule has 118 valence electrons. The van der Waals surface area contributed by atoms with Gasteiger partial charge in [-0.2, -0.15) is 0 Å². The van der Waals surface area contributed by atoms with Crippen molar-refractivity contribution in [2.24, 2.45) is 0 Å². The van der Waals surface area contributed by atoms with E-state index in [1.54, 1.807) is 37.0 Å². The van der Waals surface area contributed by atoms with E-state index in [1.807, 2.05) is 6.92 Å². The highest BCUT2D eigenvalue weighted by molar-refractivity contribution is 6.04. The van der Waals surface area contributed by atoms with Crippen LogP contribution in [0.2, 0.25) is 0 Å². The monoisotopic (exact) mass is 303 g/mol. The van der Waals surface area contributed by atoms with Crippen molar-refractivity contribution in [2.75, 3.05) is 18.1 Å². The van der Waals surface area contributed by atoms with Crippen molar-refractivity contribution in [3.63, 3.8) is 0 Å². The Kier molecular flexibility index (Phi) is 4.54. The van der Waals surface area contributed by atoms with Crippen LogP contribution in [0, 0.1) is 0 Å². The molecule has 0 saturated carbocycles. The fourth-order valence-electron chi connectivity index (χ4n) is 2.34. The number of hydrogen-bond donors (Lipinski definition) is 0. The zero-order valence-corrected chi connectivity index (χ0v) is 13.2. The van der Waals surface area contributed by atoms with Crippen LogP contribution in [0.3, 0.4) is 0 Å². The highest BCUT2D eigenvalue weighted by Gasteiger charge is 2.42. The second-order valence-corrected chi connectivity index (χ2v) is 5.65. The molecule has 1 aromatic rings. The number of rotatable bonds is 6. The number of anilines is 1. The molecule has 5 heteroatoms. The van der Waals surface area contributed by atoms with Gasteiger partial charge in [0.25, 0.3) is 5.91 Å². The first-order chi connectivity index (χ1) is 10.4. The second-order valence-electron chi connectivity index (χ2n) is 5.65. The third-order valence-electron chi connectivity index (χ3n) is 3.38. The number of fused-ring (bicyclic) bond motifs is 1. The Labute approximate surface area is 130 Å². The van der Waals surface area contributed by atoms with Crippen molar-refractivity contribution in [3.8, 4) is 11.5 Å². The van der Waals surface area contributed by atoms with Gasteiger partial charge in [-0.3, -0.25) is 9.59 Å². The van der Waals surface area contributed by atoms with Gasteiger partial charge in [0.15, 0.2) is 17.1 Å². The van der Waals surface area contributed by atoms with Crippen LogP contribution in [0.15, 0.2) is 24.8 Å². The summed E-state index contributed by atoms with van der Waals surface area (Å²) in [4.78, 5) is 25.3. The van der Waals surface area contributed by atoms with E-state index in [9.17, 15) is 9.59 Å². The van der Waals surface area contributed by atoms with Crippen LogP contribution in [-0.4, -0.2) is 30.9 Å². The molecule has 0 fully saturated rings. The van der Waals surface area contributed by atoms with Gasteiger partial charge in [-0.25, -0.2) is 0 Å². The fraction of sp³-hybridized carbons (Fsp3) is 0.412. The number of ether oxygens (including phenoxy) is 2. The molecule has 1 amide bonds. The first-order valence-electron chi connectivity index (χ1n) is 7.32. The summed E-state index contributed by atoms with van der Waals surface area (Å²) in [5.41, 5.74) is -0.0156. The quantitative estimate of drug-likeness (QED) is 0.599. The largest absolute Gasteiger partial charge is 0.490 e. The fourth-order valence-corrected chi connectivity index (χ4v) is 2.34. The summed E-state index contributed by atoms with van der Waals surface area (Å²) < 4.78 is 11.6. The Morgan fingerprint density at radius 1 is 1.41 bits per heavy atom. The van der Waals surface area contributed by atoms with Crippen molar-refractivity contribution < 1.29 is 19.1 Å². The van der Waals surface area contributed by atoms with Gasteiger partial charge in [-0.05, 0) is 32.4 Å². The standard InChI is InChI=1S/C17H21NO4/c1-5-7-18-13-9-12(11-19)10-14(21-8-6-2)15(13)22-17(3,4)16(18)20/h5,9-11H,1,6-8H2,2-4H3. The third kappa shape index (κ3) is 2.84. The molecule has 0 spiro atoms. The number of benzene rings is 1. The number of carbonyl (C=O) groups is 2. The Hall–Kier alpha value is -2.30. The van der Waals surface area contributed by atoms with Crippen LogP contribution in [0.4, 0.5) is 5.69 Å². The van der Waals surface area contributed by atoms with Gasteiger partial charge < -0.3 is 14.4 Å². The minimum Gasteiger partial charge on any atom is -0.490 e. The third-order valence-corrected chi connectivity index (χ3v) is 3.38. The number of amides is 1. The molecule has 1 aliphatic heterocycles. The lowest BCUT2D eigenvalue weighted by Crippen LogP contribution is -2.52. The van der Waals surface area contributed by atoms with Crippen LogP contribution in [0.25, 0.3) is 0 Å². The molecule has 0 atom stereocenters. The highest BCUT2D eigenvalue weighted by Crippen LogP contribution is 2.45. The maximum atomic E-state index is 12.5. The van der Waals surface area contributed by atoms with Gasteiger partial charge in [0, 0.05) is 12.1 Å². The van der Waals surface area contributed by atoms with Gasteiger partial charge in [-0.1, -0.05) is 13.0 Å². The molecule has 0 radical (unpaired) electrons. The maximum absolute atomic E-state index is 12.5. The zero-order chi connectivity index (χ0) is 16.3. The van der Waals surface area contributed by atoms with E-state index in [4.69, 9.17) is 9.47 Å². The predicted octanol–water partition coefficient (Wildman–Crippen LogP) is 2.98. The van der Waals surface area contributed by atoms with Crippen LogP contribution in [0.5, 0.6) is 11.5 Å². The Morgan fingerprint density at radius 2 is 2.14 bits per heavy atom. The number of aldehydes is 1. The van der Waals surface area contributed by atoms with Crippen molar-refractivity contribution >= 4 is 17.9 Å². The minimum atomic E-state index is -0.997. The number of nitrogens with zero attached hydrogens (tertiary/aromatic N) is 1. The molecule has 1 aliphatic rings. The van der Waals surface area contributed by atoms with E-state index in [1.165, 1.54) is 0 Å². The molecular formula is C17H21NO4. The lowest BCUT2D eigenvalue weighted by atomic mass is 10.0. The van der Waals surface area contributed by atoms with E-state index < -0.39 is 5.60 Å². The smallest absolute Gasteiger partial charge is 0.270 e. The average molecular weight is 303 g/mol.